The molecule has 7 nitrogen and oxygen atoms in total. The highest BCUT2D eigenvalue weighted by atomic mass is 16.3. The fourth-order valence-corrected chi connectivity index (χ4v) is 1.96. The molecule has 0 aliphatic rings. The Balaban J connectivity index is 2.78. The third-order valence-electron chi connectivity index (χ3n) is 2.90. The lowest BCUT2D eigenvalue weighted by Crippen LogP contribution is -2.34. The highest BCUT2D eigenvalue weighted by Gasteiger charge is 2.18. The molecule has 0 bridgehead atoms. The summed E-state index contributed by atoms with van der Waals surface area (Å²) in [6, 6.07) is 6.88. The Morgan fingerprint density at radius 1 is 1.35 bits per heavy atom. The molecule has 0 saturated carbocycles. The molecule has 7 heteroatoms. The molecule has 20 heavy (non-hydrogen) atoms. The van der Waals surface area contributed by atoms with Gasteiger partial charge in [0.25, 0.3) is 5.56 Å². The minimum atomic E-state index is -0.886. The molecule has 104 valence electrons. The number of carbonyl (C=O) groups is 1. The van der Waals surface area contributed by atoms with E-state index >= 15 is 0 Å². The molecule has 0 spiro atoms. The number of hydrogen-bond donors (Lipinski definition) is 3. The van der Waals surface area contributed by atoms with Gasteiger partial charge in [-0.05, 0) is 18.1 Å². The summed E-state index contributed by atoms with van der Waals surface area (Å²) >= 11 is 0. The first-order valence-electron chi connectivity index (χ1n) is 5.82. The second-order valence-electron chi connectivity index (χ2n) is 4.33. The molecule has 0 atom stereocenters. The van der Waals surface area contributed by atoms with Crippen molar-refractivity contribution in [3.05, 3.63) is 50.7 Å². The second-order valence-corrected chi connectivity index (χ2v) is 4.33. The zero-order valence-electron chi connectivity index (χ0n) is 10.7. The zero-order valence-corrected chi connectivity index (χ0v) is 10.7. The molecule has 0 radical (unpaired) electrons. The van der Waals surface area contributed by atoms with Crippen LogP contribution >= 0.6 is 0 Å². The normalized spacial score (nSPS) is 10.4. The van der Waals surface area contributed by atoms with Crippen LogP contribution in [0.15, 0.2) is 33.9 Å². The van der Waals surface area contributed by atoms with Crippen molar-refractivity contribution in [1.29, 1.82) is 0 Å². The Bertz CT molecular complexity index is 789. The number of aryl methyl sites for hydroxylation is 1. The highest BCUT2D eigenvalue weighted by molar-refractivity contribution is 5.75. The van der Waals surface area contributed by atoms with E-state index in [9.17, 15) is 19.5 Å². The number of carbonyl (C=O) groups excluding carboxylic acids is 1. The standard InChI is InChI=1S/C13H13N3O4/c1-7-4-2-3-5-8(7)10-11(18)15-13(20)16(12(10)19)6-9(14)17/h2-5,19H,6H2,1H3,(H2,14,17)(H,15,18,20). The number of nitrogens with one attached hydrogen (secondary N) is 1. The molecule has 0 aliphatic carbocycles. The smallest absolute Gasteiger partial charge is 0.331 e. The molecule has 2 rings (SSSR count). The van der Waals surface area contributed by atoms with Gasteiger partial charge in [0.05, 0.1) is 0 Å². The molecule has 1 aromatic carbocycles. The minimum Gasteiger partial charge on any atom is -0.494 e. The van der Waals surface area contributed by atoms with Crippen LogP contribution in [0, 0.1) is 6.92 Å². The number of nitrogens with two attached hydrogens (primary N) is 1. The van der Waals surface area contributed by atoms with Crippen LogP contribution < -0.4 is 17.0 Å². The maximum absolute atomic E-state index is 11.9. The van der Waals surface area contributed by atoms with Gasteiger partial charge in [-0.25, -0.2) is 4.79 Å². The highest BCUT2D eigenvalue weighted by Crippen LogP contribution is 2.26. The van der Waals surface area contributed by atoms with Gasteiger partial charge in [0.2, 0.25) is 11.8 Å². The van der Waals surface area contributed by atoms with Gasteiger partial charge >= 0.3 is 5.69 Å². The van der Waals surface area contributed by atoms with Gasteiger partial charge in [-0.2, -0.15) is 0 Å². The molecule has 0 aliphatic heterocycles. The van der Waals surface area contributed by atoms with Crippen molar-refractivity contribution in [1.82, 2.24) is 9.55 Å². The van der Waals surface area contributed by atoms with Crippen molar-refractivity contribution in [3.63, 3.8) is 0 Å². The lowest BCUT2D eigenvalue weighted by Gasteiger charge is -2.11. The van der Waals surface area contributed by atoms with Gasteiger partial charge in [0, 0.05) is 0 Å². The van der Waals surface area contributed by atoms with E-state index in [1.807, 2.05) is 0 Å². The van der Waals surface area contributed by atoms with Crippen molar-refractivity contribution in [2.45, 2.75) is 13.5 Å². The summed E-state index contributed by atoms with van der Waals surface area (Å²) in [7, 11) is 0. The number of H-pyrrole nitrogens is 1. The van der Waals surface area contributed by atoms with Crippen LogP contribution in [-0.4, -0.2) is 20.6 Å². The Labute approximate surface area is 113 Å². The Hall–Kier alpha value is -2.83. The van der Waals surface area contributed by atoms with Crippen LogP contribution in [0.1, 0.15) is 5.56 Å². The number of amides is 1. The fourth-order valence-electron chi connectivity index (χ4n) is 1.96. The fraction of sp³-hybridized carbons (Fsp3) is 0.154. The van der Waals surface area contributed by atoms with Crippen LogP contribution in [0.25, 0.3) is 11.1 Å². The molecular weight excluding hydrogens is 262 g/mol. The average Bonchev–Trinajstić information content (AvgIpc) is 2.36. The number of primary amides is 1. The van der Waals surface area contributed by atoms with Gasteiger partial charge < -0.3 is 10.8 Å². The third-order valence-corrected chi connectivity index (χ3v) is 2.90. The van der Waals surface area contributed by atoms with E-state index in [4.69, 9.17) is 5.73 Å². The van der Waals surface area contributed by atoms with Crippen molar-refractivity contribution in [3.8, 4) is 17.0 Å². The van der Waals surface area contributed by atoms with Crippen LogP contribution in [-0.2, 0) is 11.3 Å². The van der Waals surface area contributed by atoms with Gasteiger partial charge in [0.15, 0.2) is 0 Å². The maximum atomic E-state index is 11.9. The van der Waals surface area contributed by atoms with Crippen molar-refractivity contribution in [2.24, 2.45) is 5.73 Å². The molecule has 2 aromatic rings. The number of hydrogen-bond acceptors (Lipinski definition) is 4. The number of aromatic amines is 1. The molecule has 0 saturated heterocycles. The number of aromatic hydroxyl groups is 1. The monoisotopic (exact) mass is 275 g/mol. The first-order chi connectivity index (χ1) is 9.41. The minimum absolute atomic E-state index is 0.0658. The summed E-state index contributed by atoms with van der Waals surface area (Å²) in [5, 5.41) is 10.1. The van der Waals surface area contributed by atoms with E-state index in [0.29, 0.717) is 5.56 Å². The topological polar surface area (TPSA) is 118 Å². The van der Waals surface area contributed by atoms with Gasteiger partial charge in [0.1, 0.15) is 12.1 Å². The molecule has 4 N–H and O–H groups in total. The number of nitrogens with zero attached hydrogens (tertiary/aromatic N) is 1. The predicted octanol–water partition coefficient (Wildman–Crippen LogP) is -0.297. The molecule has 1 amide bonds. The molecular formula is C13H13N3O4. The maximum Gasteiger partial charge on any atom is 0.331 e. The van der Waals surface area contributed by atoms with E-state index in [-0.39, 0.29) is 5.56 Å². The molecule has 0 fully saturated rings. The van der Waals surface area contributed by atoms with Gasteiger partial charge in [-0.3, -0.25) is 19.1 Å². The first kappa shape index (κ1) is 13.6. The van der Waals surface area contributed by atoms with Gasteiger partial charge in [-0.15, -0.1) is 0 Å². The lowest BCUT2D eigenvalue weighted by molar-refractivity contribution is -0.118. The summed E-state index contributed by atoms with van der Waals surface area (Å²) < 4.78 is 0.728. The van der Waals surface area contributed by atoms with Crippen LogP contribution in [0.4, 0.5) is 0 Å². The van der Waals surface area contributed by atoms with Crippen molar-refractivity contribution in [2.75, 3.05) is 0 Å². The summed E-state index contributed by atoms with van der Waals surface area (Å²) in [6.45, 7) is 1.25. The third kappa shape index (κ3) is 2.33. The summed E-state index contributed by atoms with van der Waals surface area (Å²) in [4.78, 5) is 36.5. The van der Waals surface area contributed by atoms with E-state index < -0.39 is 29.6 Å². The summed E-state index contributed by atoms with van der Waals surface area (Å²) in [5.74, 6) is -1.38. The average molecular weight is 275 g/mol. The van der Waals surface area contributed by atoms with E-state index in [2.05, 4.69) is 4.98 Å². The zero-order chi connectivity index (χ0) is 14.9. The quantitative estimate of drug-likeness (QED) is 0.712. The molecule has 0 unspecified atom stereocenters. The van der Waals surface area contributed by atoms with E-state index in [1.54, 1.807) is 31.2 Å². The summed E-state index contributed by atoms with van der Waals surface area (Å²) in [6.07, 6.45) is 0. The predicted molar refractivity (Wildman–Crippen MR) is 72.4 cm³/mol. The van der Waals surface area contributed by atoms with Crippen molar-refractivity contribution < 1.29 is 9.90 Å². The molecule has 1 aromatic heterocycles. The second kappa shape index (κ2) is 5.04. The van der Waals surface area contributed by atoms with Crippen molar-refractivity contribution >= 4 is 5.91 Å². The Morgan fingerprint density at radius 3 is 2.60 bits per heavy atom. The van der Waals surface area contributed by atoms with E-state index in [0.717, 1.165) is 10.1 Å². The Morgan fingerprint density at radius 2 is 2.00 bits per heavy atom. The number of rotatable bonds is 3. The van der Waals surface area contributed by atoms with Crippen LogP contribution in [0.3, 0.4) is 0 Å². The number of aromatic nitrogens is 2. The number of benzene rings is 1. The lowest BCUT2D eigenvalue weighted by atomic mass is 10.0. The van der Waals surface area contributed by atoms with Gasteiger partial charge in [-0.1, -0.05) is 24.3 Å². The first-order valence-corrected chi connectivity index (χ1v) is 5.82. The SMILES string of the molecule is Cc1ccccc1-c1c(O)n(CC(N)=O)c(=O)[nH]c1=O. The summed E-state index contributed by atoms with van der Waals surface area (Å²) in [5.41, 5.74) is 4.57. The van der Waals surface area contributed by atoms with Crippen LogP contribution in [0.5, 0.6) is 5.88 Å². The Kier molecular flexibility index (Phi) is 3.43. The van der Waals surface area contributed by atoms with Crippen LogP contribution in [0.2, 0.25) is 0 Å². The molecule has 1 heterocycles. The van der Waals surface area contributed by atoms with E-state index in [1.165, 1.54) is 0 Å². The largest absolute Gasteiger partial charge is 0.494 e.